The average Bonchev–Trinajstić information content (AvgIpc) is 2.75. The number of nitrogens with zero attached hydrogens (tertiary/aromatic N) is 3. The zero-order valence-corrected chi connectivity index (χ0v) is 17.3. The normalized spacial score (nSPS) is 10.5. The molecule has 7 nitrogen and oxygen atoms in total. The predicted octanol–water partition coefficient (Wildman–Crippen LogP) is 4.16. The second kappa shape index (κ2) is 9.73. The second-order valence-corrected chi connectivity index (χ2v) is 6.62. The van der Waals surface area contributed by atoms with Gasteiger partial charge in [0.25, 0.3) is 0 Å². The molecule has 0 fully saturated rings. The molecule has 0 amide bonds. The Kier molecular flexibility index (Phi) is 6.84. The van der Waals surface area contributed by atoms with Crippen LogP contribution < -0.4 is 20.1 Å². The molecule has 0 spiro atoms. The van der Waals surface area contributed by atoms with E-state index in [4.69, 9.17) is 9.47 Å². The number of para-hydroxylation sites is 1. The van der Waals surface area contributed by atoms with Crippen LogP contribution in [0.2, 0.25) is 0 Å². The van der Waals surface area contributed by atoms with Crippen LogP contribution >= 0.6 is 0 Å². The van der Waals surface area contributed by atoms with Crippen LogP contribution in [0.15, 0.2) is 42.6 Å². The monoisotopic (exact) mass is 393 g/mol. The molecule has 3 aromatic rings. The largest absolute Gasteiger partial charge is 0.493 e. The van der Waals surface area contributed by atoms with Crippen molar-refractivity contribution in [3.05, 3.63) is 59.3 Å². The number of aromatic nitrogens is 3. The van der Waals surface area contributed by atoms with Gasteiger partial charge in [0.05, 0.1) is 20.4 Å². The van der Waals surface area contributed by atoms with Crippen molar-refractivity contribution in [3.8, 4) is 11.5 Å². The lowest BCUT2D eigenvalue weighted by Gasteiger charge is -2.13. The molecule has 0 bridgehead atoms. The van der Waals surface area contributed by atoms with Gasteiger partial charge >= 0.3 is 0 Å². The first-order valence-corrected chi connectivity index (χ1v) is 9.64. The van der Waals surface area contributed by atoms with E-state index < -0.39 is 0 Å². The molecule has 0 aliphatic rings. The van der Waals surface area contributed by atoms with Gasteiger partial charge in [-0.2, -0.15) is 10.1 Å². The van der Waals surface area contributed by atoms with Crippen molar-refractivity contribution in [2.24, 2.45) is 0 Å². The first kappa shape index (κ1) is 20.4. The van der Waals surface area contributed by atoms with Crippen molar-refractivity contribution >= 4 is 17.5 Å². The summed E-state index contributed by atoms with van der Waals surface area (Å²) in [5, 5.41) is 14.8. The minimum Gasteiger partial charge on any atom is -0.493 e. The number of hydrogen-bond donors (Lipinski definition) is 2. The molecular weight excluding hydrogens is 366 g/mol. The van der Waals surface area contributed by atoms with E-state index in [2.05, 4.69) is 57.9 Å². The fraction of sp³-hybridized carbons (Fsp3) is 0.318. The minimum absolute atomic E-state index is 0.488. The van der Waals surface area contributed by atoms with E-state index >= 15 is 0 Å². The maximum Gasteiger partial charge on any atom is 0.244 e. The highest BCUT2D eigenvalue weighted by Gasteiger charge is 2.08. The molecule has 29 heavy (non-hydrogen) atoms. The highest BCUT2D eigenvalue weighted by molar-refractivity contribution is 5.64. The molecule has 3 rings (SSSR count). The smallest absolute Gasteiger partial charge is 0.244 e. The Morgan fingerprint density at radius 2 is 1.86 bits per heavy atom. The van der Waals surface area contributed by atoms with Crippen LogP contribution in [0.4, 0.5) is 17.5 Å². The van der Waals surface area contributed by atoms with Crippen molar-refractivity contribution in [1.82, 2.24) is 15.2 Å². The molecule has 0 saturated carbocycles. The molecule has 2 aromatic carbocycles. The Morgan fingerprint density at radius 1 is 1.03 bits per heavy atom. The third-order valence-corrected chi connectivity index (χ3v) is 4.70. The van der Waals surface area contributed by atoms with E-state index in [1.165, 1.54) is 11.1 Å². The van der Waals surface area contributed by atoms with Crippen LogP contribution in [0.25, 0.3) is 0 Å². The van der Waals surface area contributed by atoms with Crippen LogP contribution in [-0.2, 0) is 12.8 Å². The molecule has 0 atom stereocenters. The quantitative estimate of drug-likeness (QED) is 0.565. The van der Waals surface area contributed by atoms with Crippen molar-refractivity contribution < 1.29 is 9.47 Å². The molecule has 0 aliphatic heterocycles. The lowest BCUT2D eigenvalue weighted by Crippen LogP contribution is -2.10. The maximum absolute atomic E-state index is 5.35. The summed E-state index contributed by atoms with van der Waals surface area (Å²) in [5.74, 6) is 2.59. The first-order chi connectivity index (χ1) is 14.1. The van der Waals surface area contributed by atoms with E-state index in [9.17, 15) is 0 Å². The summed E-state index contributed by atoms with van der Waals surface area (Å²) in [6, 6.07) is 12.2. The summed E-state index contributed by atoms with van der Waals surface area (Å²) in [6.45, 7) is 4.89. The van der Waals surface area contributed by atoms with Crippen molar-refractivity contribution in [2.75, 3.05) is 31.4 Å². The molecule has 1 heterocycles. The fourth-order valence-corrected chi connectivity index (χ4v) is 3.12. The highest BCUT2D eigenvalue weighted by Crippen LogP contribution is 2.28. The molecule has 0 radical (unpaired) electrons. The molecule has 0 aliphatic carbocycles. The Balaban J connectivity index is 1.64. The summed E-state index contributed by atoms with van der Waals surface area (Å²) >= 11 is 0. The summed E-state index contributed by atoms with van der Waals surface area (Å²) in [4.78, 5) is 4.54. The maximum atomic E-state index is 5.35. The number of rotatable bonds is 9. The van der Waals surface area contributed by atoms with Crippen LogP contribution in [0.3, 0.4) is 0 Å². The van der Waals surface area contributed by atoms with Crippen LogP contribution in [0.1, 0.15) is 23.6 Å². The van der Waals surface area contributed by atoms with Gasteiger partial charge in [0.1, 0.15) is 0 Å². The second-order valence-electron chi connectivity index (χ2n) is 6.62. The number of aryl methyl sites for hydroxylation is 2. The molecule has 7 heteroatoms. The molecule has 152 valence electrons. The van der Waals surface area contributed by atoms with Gasteiger partial charge in [-0.3, -0.25) is 0 Å². The van der Waals surface area contributed by atoms with Gasteiger partial charge in [-0.25, -0.2) is 0 Å². The third-order valence-electron chi connectivity index (χ3n) is 4.70. The van der Waals surface area contributed by atoms with Crippen LogP contribution in [-0.4, -0.2) is 35.9 Å². The van der Waals surface area contributed by atoms with Gasteiger partial charge in [0, 0.05) is 12.2 Å². The first-order valence-electron chi connectivity index (χ1n) is 9.64. The van der Waals surface area contributed by atoms with Gasteiger partial charge in [-0.05, 0) is 48.6 Å². The Morgan fingerprint density at radius 3 is 2.62 bits per heavy atom. The molecule has 2 N–H and O–H groups in total. The zero-order chi connectivity index (χ0) is 20.6. The number of benzene rings is 2. The van der Waals surface area contributed by atoms with Crippen LogP contribution in [0, 0.1) is 6.92 Å². The van der Waals surface area contributed by atoms with Crippen molar-refractivity contribution in [3.63, 3.8) is 0 Å². The van der Waals surface area contributed by atoms with E-state index in [1.807, 2.05) is 18.2 Å². The lowest BCUT2D eigenvalue weighted by molar-refractivity contribution is 0.354. The minimum atomic E-state index is 0.488. The average molecular weight is 393 g/mol. The SMILES string of the molecule is CCc1cccc(C)c1Nc1cnnc(NCCc2ccc(OC)c(OC)c2)n1. The fourth-order valence-electron chi connectivity index (χ4n) is 3.12. The predicted molar refractivity (Wildman–Crippen MR) is 115 cm³/mol. The molecule has 0 unspecified atom stereocenters. The summed E-state index contributed by atoms with van der Waals surface area (Å²) in [7, 11) is 3.27. The Hall–Kier alpha value is -3.35. The summed E-state index contributed by atoms with van der Waals surface area (Å²) < 4.78 is 10.6. The Bertz CT molecular complexity index is 962. The van der Waals surface area contributed by atoms with E-state index in [0.29, 0.717) is 18.3 Å². The van der Waals surface area contributed by atoms with Crippen molar-refractivity contribution in [1.29, 1.82) is 0 Å². The molecular formula is C22H27N5O2. The Labute approximate surface area is 171 Å². The van der Waals surface area contributed by atoms with Gasteiger partial charge in [0.2, 0.25) is 5.95 Å². The zero-order valence-electron chi connectivity index (χ0n) is 17.3. The third kappa shape index (κ3) is 5.13. The van der Waals surface area contributed by atoms with E-state index in [1.54, 1.807) is 20.4 Å². The van der Waals surface area contributed by atoms with Gasteiger partial charge in [-0.1, -0.05) is 31.2 Å². The van der Waals surface area contributed by atoms with E-state index in [0.717, 1.165) is 35.6 Å². The van der Waals surface area contributed by atoms with Crippen LogP contribution in [0.5, 0.6) is 11.5 Å². The van der Waals surface area contributed by atoms with E-state index in [-0.39, 0.29) is 0 Å². The summed E-state index contributed by atoms with van der Waals surface area (Å²) in [6.07, 6.45) is 3.36. The standard InChI is InChI=1S/C22H27N5O2/c1-5-17-8-6-7-15(2)21(17)25-20-14-24-27-22(26-20)23-12-11-16-9-10-18(28-3)19(13-16)29-4/h6-10,13-14H,5,11-12H2,1-4H3,(H2,23,25,26,27). The molecule has 0 saturated heterocycles. The van der Waals surface area contributed by atoms with Gasteiger partial charge in [0.15, 0.2) is 17.3 Å². The number of ether oxygens (including phenoxy) is 2. The number of nitrogens with one attached hydrogen (secondary N) is 2. The summed E-state index contributed by atoms with van der Waals surface area (Å²) in [5.41, 5.74) is 4.62. The highest BCUT2D eigenvalue weighted by atomic mass is 16.5. The topological polar surface area (TPSA) is 81.2 Å². The van der Waals surface area contributed by atoms with Crippen molar-refractivity contribution in [2.45, 2.75) is 26.7 Å². The number of anilines is 3. The molecule has 1 aromatic heterocycles. The lowest BCUT2D eigenvalue weighted by atomic mass is 10.1. The van der Waals surface area contributed by atoms with Gasteiger partial charge in [-0.15, -0.1) is 5.10 Å². The number of methoxy groups -OCH3 is 2. The van der Waals surface area contributed by atoms with Gasteiger partial charge < -0.3 is 20.1 Å². The number of hydrogen-bond acceptors (Lipinski definition) is 7.